The summed E-state index contributed by atoms with van der Waals surface area (Å²) in [5, 5.41) is 2.70. The summed E-state index contributed by atoms with van der Waals surface area (Å²) in [5.41, 5.74) is 1.10. The molecular formula is C14H20N2O3. The van der Waals surface area contributed by atoms with Crippen LogP contribution in [0.2, 0.25) is 0 Å². The first-order valence-electron chi connectivity index (χ1n) is 6.26. The van der Waals surface area contributed by atoms with Gasteiger partial charge in [-0.1, -0.05) is 13.8 Å². The molecule has 0 spiro atoms. The third kappa shape index (κ3) is 4.35. The summed E-state index contributed by atoms with van der Waals surface area (Å²) in [6.45, 7) is 5.72. The van der Waals surface area contributed by atoms with Crippen LogP contribution in [-0.2, 0) is 9.53 Å². The zero-order chi connectivity index (χ0) is 14.4. The summed E-state index contributed by atoms with van der Waals surface area (Å²) >= 11 is 0. The average molecular weight is 264 g/mol. The van der Waals surface area contributed by atoms with Gasteiger partial charge in [0.15, 0.2) is 0 Å². The predicted octanol–water partition coefficient (Wildman–Crippen LogP) is 1.71. The molecule has 0 aromatic carbocycles. The molecule has 1 amide bonds. The fourth-order valence-corrected chi connectivity index (χ4v) is 1.79. The van der Waals surface area contributed by atoms with Gasteiger partial charge in [0.25, 0.3) is 5.91 Å². The van der Waals surface area contributed by atoms with Crippen LogP contribution in [0.1, 0.15) is 36.3 Å². The molecule has 0 aliphatic heterocycles. The van der Waals surface area contributed by atoms with Gasteiger partial charge in [0.2, 0.25) is 0 Å². The Morgan fingerprint density at radius 1 is 1.42 bits per heavy atom. The van der Waals surface area contributed by atoms with Crippen LogP contribution in [0.4, 0.5) is 0 Å². The summed E-state index contributed by atoms with van der Waals surface area (Å²) in [7, 11) is 1.32. The number of nitrogens with one attached hydrogen (secondary N) is 1. The van der Waals surface area contributed by atoms with Crippen molar-refractivity contribution in [3.8, 4) is 0 Å². The van der Waals surface area contributed by atoms with Crippen LogP contribution in [0, 0.1) is 12.8 Å². The summed E-state index contributed by atoms with van der Waals surface area (Å²) < 4.78 is 4.71. The zero-order valence-electron chi connectivity index (χ0n) is 11.8. The van der Waals surface area contributed by atoms with E-state index >= 15 is 0 Å². The van der Waals surface area contributed by atoms with E-state index in [9.17, 15) is 9.59 Å². The van der Waals surface area contributed by atoms with Crippen molar-refractivity contribution in [2.24, 2.45) is 5.92 Å². The number of carbonyl (C=O) groups excluding carboxylic acids is 2. The second kappa shape index (κ2) is 6.87. The highest BCUT2D eigenvalue weighted by Gasteiger charge is 2.23. The topological polar surface area (TPSA) is 68.3 Å². The third-order valence-corrected chi connectivity index (χ3v) is 2.75. The van der Waals surface area contributed by atoms with Crippen LogP contribution >= 0.6 is 0 Å². The van der Waals surface area contributed by atoms with Gasteiger partial charge in [0, 0.05) is 11.9 Å². The number of ether oxygens (including phenoxy) is 1. The smallest absolute Gasteiger partial charge is 0.328 e. The number of aryl methyl sites for hydroxylation is 1. The molecule has 5 nitrogen and oxygen atoms in total. The standard InChI is InChI=1S/C14H20N2O3/c1-9(2)8-12(14(18)19-4)16-13(17)11-6-5-7-15-10(11)3/h5-7,9,12H,8H2,1-4H3,(H,16,17). The molecule has 1 N–H and O–H groups in total. The minimum Gasteiger partial charge on any atom is -0.467 e. The van der Waals surface area contributed by atoms with E-state index in [2.05, 4.69) is 10.3 Å². The Hall–Kier alpha value is -1.91. The largest absolute Gasteiger partial charge is 0.467 e. The summed E-state index contributed by atoms with van der Waals surface area (Å²) in [6.07, 6.45) is 2.16. The SMILES string of the molecule is COC(=O)C(CC(C)C)NC(=O)c1cccnc1C. The van der Waals surface area contributed by atoms with Gasteiger partial charge in [-0.3, -0.25) is 9.78 Å². The molecule has 19 heavy (non-hydrogen) atoms. The molecule has 1 rings (SSSR count). The molecule has 0 fully saturated rings. The number of hydrogen-bond donors (Lipinski definition) is 1. The highest BCUT2D eigenvalue weighted by atomic mass is 16.5. The summed E-state index contributed by atoms with van der Waals surface area (Å²) in [4.78, 5) is 27.8. The molecule has 1 atom stereocenters. The van der Waals surface area contributed by atoms with E-state index in [0.29, 0.717) is 17.7 Å². The van der Waals surface area contributed by atoms with Crippen LogP contribution in [-0.4, -0.2) is 30.0 Å². The Labute approximate surface area is 113 Å². The van der Waals surface area contributed by atoms with E-state index in [1.165, 1.54) is 7.11 Å². The number of carbonyl (C=O) groups is 2. The van der Waals surface area contributed by atoms with Gasteiger partial charge in [-0.15, -0.1) is 0 Å². The Balaban J connectivity index is 2.82. The molecule has 5 heteroatoms. The molecule has 0 radical (unpaired) electrons. The van der Waals surface area contributed by atoms with E-state index in [1.54, 1.807) is 25.3 Å². The first kappa shape index (κ1) is 15.1. The molecule has 0 aliphatic carbocycles. The van der Waals surface area contributed by atoms with E-state index in [1.807, 2.05) is 13.8 Å². The fraction of sp³-hybridized carbons (Fsp3) is 0.500. The van der Waals surface area contributed by atoms with Gasteiger partial charge < -0.3 is 10.1 Å². The normalized spacial score (nSPS) is 12.1. The van der Waals surface area contributed by atoms with Crippen LogP contribution in [0.15, 0.2) is 18.3 Å². The lowest BCUT2D eigenvalue weighted by Crippen LogP contribution is -2.42. The van der Waals surface area contributed by atoms with Crippen molar-refractivity contribution in [1.82, 2.24) is 10.3 Å². The third-order valence-electron chi connectivity index (χ3n) is 2.75. The predicted molar refractivity (Wildman–Crippen MR) is 71.7 cm³/mol. The molecule has 0 saturated carbocycles. The van der Waals surface area contributed by atoms with E-state index in [4.69, 9.17) is 4.74 Å². The van der Waals surface area contributed by atoms with Crippen LogP contribution < -0.4 is 5.32 Å². The number of amides is 1. The lowest BCUT2D eigenvalue weighted by molar-refractivity contribution is -0.143. The maximum absolute atomic E-state index is 12.1. The van der Waals surface area contributed by atoms with Crippen molar-refractivity contribution in [2.45, 2.75) is 33.2 Å². The van der Waals surface area contributed by atoms with Gasteiger partial charge in [0.05, 0.1) is 12.7 Å². The Kier molecular flexibility index (Phi) is 5.48. The Bertz CT molecular complexity index is 458. The van der Waals surface area contributed by atoms with E-state index in [-0.39, 0.29) is 11.8 Å². The van der Waals surface area contributed by atoms with Crippen molar-refractivity contribution >= 4 is 11.9 Å². The number of methoxy groups -OCH3 is 1. The maximum atomic E-state index is 12.1. The molecule has 0 bridgehead atoms. The van der Waals surface area contributed by atoms with Crippen molar-refractivity contribution < 1.29 is 14.3 Å². The maximum Gasteiger partial charge on any atom is 0.328 e. The zero-order valence-corrected chi connectivity index (χ0v) is 11.8. The first-order chi connectivity index (χ1) is 8.95. The number of esters is 1. The molecule has 1 unspecified atom stereocenters. The number of pyridine rings is 1. The highest BCUT2D eigenvalue weighted by Crippen LogP contribution is 2.09. The van der Waals surface area contributed by atoms with Crippen molar-refractivity contribution in [2.75, 3.05) is 7.11 Å². The van der Waals surface area contributed by atoms with Gasteiger partial charge in [0.1, 0.15) is 6.04 Å². The van der Waals surface area contributed by atoms with Crippen molar-refractivity contribution in [1.29, 1.82) is 0 Å². The second-order valence-electron chi connectivity index (χ2n) is 4.82. The lowest BCUT2D eigenvalue weighted by Gasteiger charge is -2.18. The quantitative estimate of drug-likeness (QED) is 0.822. The molecule has 104 valence electrons. The molecular weight excluding hydrogens is 244 g/mol. The van der Waals surface area contributed by atoms with Crippen molar-refractivity contribution in [3.05, 3.63) is 29.6 Å². The monoisotopic (exact) mass is 264 g/mol. The van der Waals surface area contributed by atoms with Gasteiger partial charge in [-0.25, -0.2) is 4.79 Å². The molecule has 1 aromatic heterocycles. The number of hydrogen-bond acceptors (Lipinski definition) is 4. The molecule has 0 aliphatic rings. The van der Waals surface area contributed by atoms with E-state index in [0.717, 1.165) is 0 Å². The van der Waals surface area contributed by atoms with E-state index < -0.39 is 12.0 Å². The van der Waals surface area contributed by atoms with Crippen LogP contribution in [0.3, 0.4) is 0 Å². The Morgan fingerprint density at radius 2 is 2.11 bits per heavy atom. The van der Waals surface area contributed by atoms with Crippen LogP contribution in [0.5, 0.6) is 0 Å². The second-order valence-corrected chi connectivity index (χ2v) is 4.82. The molecule has 0 saturated heterocycles. The van der Waals surface area contributed by atoms with Crippen LogP contribution in [0.25, 0.3) is 0 Å². The van der Waals surface area contributed by atoms with Gasteiger partial charge in [-0.05, 0) is 31.4 Å². The van der Waals surface area contributed by atoms with Gasteiger partial charge >= 0.3 is 5.97 Å². The Morgan fingerprint density at radius 3 is 2.63 bits per heavy atom. The summed E-state index contributed by atoms with van der Waals surface area (Å²) in [6, 6.07) is 2.75. The number of nitrogens with zero attached hydrogens (tertiary/aromatic N) is 1. The number of aromatic nitrogens is 1. The molecule has 1 aromatic rings. The minimum atomic E-state index is -0.628. The minimum absolute atomic E-state index is 0.277. The lowest BCUT2D eigenvalue weighted by atomic mass is 10.0. The fourth-order valence-electron chi connectivity index (χ4n) is 1.79. The van der Waals surface area contributed by atoms with Crippen molar-refractivity contribution in [3.63, 3.8) is 0 Å². The number of rotatable bonds is 5. The summed E-state index contributed by atoms with van der Waals surface area (Å²) in [5.74, 6) is -0.454. The highest BCUT2D eigenvalue weighted by molar-refractivity contribution is 5.97. The first-order valence-corrected chi connectivity index (χ1v) is 6.26. The average Bonchev–Trinajstić information content (AvgIpc) is 2.36. The molecule has 1 heterocycles. The van der Waals surface area contributed by atoms with Gasteiger partial charge in [-0.2, -0.15) is 0 Å².